The lowest BCUT2D eigenvalue weighted by atomic mass is 10.0. The van der Waals surface area contributed by atoms with Crippen LogP contribution in [0.2, 0.25) is 0 Å². The van der Waals surface area contributed by atoms with Crippen LogP contribution in [0.1, 0.15) is 44.9 Å². The summed E-state index contributed by atoms with van der Waals surface area (Å²) in [6.07, 6.45) is 5.18. The van der Waals surface area contributed by atoms with Gasteiger partial charge < -0.3 is 4.74 Å². The molecule has 0 saturated carbocycles. The third-order valence-electron chi connectivity index (χ3n) is 3.76. The Morgan fingerprint density at radius 2 is 2.30 bits per heavy atom. The van der Waals surface area contributed by atoms with Crippen LogP contribution in [0.25, 0.3) is 0 Å². The zero-order valence-corrected chi connectivity index (χ0v) is 12.3. The Hall–Kier alpha value is -1.50. The van der Waals surface area contributed by atoms with Crippen LogP contribution in [-0.4, -0.2) is 50.8 Å². The van der Waals surface area contributed by atoms with E-state index in [-0.39, 0.29) is 12.0 Å². The van der Waals surface area contributed by atoms with Gasteiger partial charge in [0.2, 0.25) is 0 Å². The van der Waals surface area contributed by atoms with E-state index < -0.39 is 0 Å². The summed E-state index contributed by atoms with van der Waals surface area (Å²) < 4.78 is 6.73. The molecule has 2 rings (SSSR count). The summed E-state index contributed by atoms with van der Waals surface area (Å²) in [6, 6.07) is -0.162. The zero-order chi connectivity index (χ0) is 14.4. The van der Waals surface area contributed by atoms with Crippen LogP contribution in [0.3, 0.4) is 0 Å². The molecule has 0 aromatic carbocycles. The topological polar surface area (TPSA) is 73.1 Å². The molecule has 20 heavy (non-hydrogen) atoms. The van der Waals surface area contributed by atoms with Gasteiger partial charge in [0.05, 0.1) is 13.7 Å². The van der Waals surface area contributed by atoms with Crippen LogP contribution < -0.4 is 0 Å². The summed E-state index contributed by atoms with van der Waals surface area (Å²) in [5.74, 6) is 0.673. The largest absolute Gasteiger partial charge is 0.468 e. The van der Waals surface area contributed by atoms with Crippen LogP contribution in [0, 0.1) is 0 Å². The van der Waals surface area contributed by atoms with Crippen LogP contribution >= 0.6 is 0 Å². The normalized spacial score (nSPS) is 20.0. The van der Waals surface area contributed by atoms with Gasteiger partial charge in [0.1, 0.15) is 6.04 Å². The van der Waals surface area contributed by atoms with Crippen LogP contribution in [0.5, 0.6) is 0 Å². The van der Waals surface area contributed by atoms with Crippen LogP contribution in [0.4, 0.5) is 0 Å². The van der Waals surface area contributed by atoms with Gasteiger partial charge in [-0.05, 0) is 36.2 Å². The Morgan fingerprint density at radius 1 is 1.45 bits per heavy atom. The average molecular weight is 281 g/mol. The minimum absolute atomic E-state index is 0.155. The molecule has 1 aliphatic heterocycles. The Morgan fingerprint density at radius 3 is 3.05 bits per heavy atom. The number of piperidine rings is 1. The Labute approximate surface area is 119 Å². The Kier molecular flexibility index (Phi) is 5.46. The monoisotopic (exact) mass is 281 g/mol. The van der Waals surface area contributed by atoms with Crippen molar-refractivity contribution >= 4 is 5.97 Å². The second kappa shape index (κ2) is 7.33. The predicted molar refractivity (Wildman–Crippen MR) is 72.8 cm³/mol. The van der Waals surface area contributed by atoms with Crippen LogP contribution in [-0.2, 0) is 22.6 Å². The fourth-order valence-corrected chi connectivity index (χ4v) is 2.58. The molecule has 1 aliphatic rings. The van der Waals surface area contributed by atoms with Crippen molar-refractivity contribution in [2.45, 2.75) is 58.2 Å². The summed E-state index contributed by atoms with van der Waals surface area (Å²) >= 11 is 0. The maximum Gasteiger partial charge on any atom is 0.323 e. The number of hydrogen-bond donors (Lipinski definition) is 0. The van der Waals surface area contributed by atoms with Gasteiger partial charge in [0, 0.05) is 6.54 Å². The van der Waals surface area contributed by atoms with Crippen molar-refractivity contribution in [2.75, 3.05) is 13.7 Å². The van der Waals surface area contributed by atoms with E-state index in [9.17, 15) is 4.79 Å². The van der Waals surface area contributed by atoms with Gasteiger partial charge in [0.25, 0.3) is 0 Å². The number of esters is 1. The number of carbonyl (C=O) groups is 1. The number of nitrogens with zero attached hydrogens (tertiary/aromatic N) is 5. The van der Waals surface area contributed by atoms with Gasteiger partial charge in [-0.3, -0.25) is 9.69 Å². The summed E-state index contributed by atoms with van der Waals surface area (Å²) in [7, 11) is 1.44. The van der Waals surface area contributed by atoms with E-state index in [2.05, 4.69) is 27.3 Å². The fraction of sp³-hybridized carbons (Fsp3) is 0.846. The Balaban J connectivity index is 2.03. The number of carbonyl (C=O) groups excluding carboxylic acids is 1. The molecule has 0 spiro atoms. The number of hydrogen-bond acceptors (Lipinski definition) is 6. The van der Waals surface area contributed by atoms with E-state index in [1.807, 2.05) is 4.68 Å². The highest BCUT2D eigenvalue weighted by molar-refractivity contribution is 5.75. The molecular weight excluding hydrogens is 258 g/mol. The van der Waals surface area contributed by atoms with Gasteiger partial charge in [-0.1, -0.05) is 19.8 Å². The van der Waals surface area contributed by atoms with Crippen molar-refractivity contribution in [1.82, 2.24) is 25.1 Å². The fourth-order valence-electron chi connectivity index (χ4n) is 2.58. The van der Waals surface area contributed by atoms with Gasteiger partial charge in [0.15, 0.2) is 5.82 Å². The molecule has 0 amide bonds. The smallest absolute Gasteiger partial charge is 0.323 e. The molecule has 0 aliphatic carbocycles. The van der Waals surface area contributed by atoms with E-state index in [0.717, 1.165) is 51.0 Å². The molecule has 112 valence electrons. The van der Waals surface area contributed by atoms with Gasteiger partial charge in [-0.15, -0.1) is 5.10 Å². The second-order valence-electron chi connectivity index (χ2n) is 5.18. The van der Waals surface area contributed by atoms with Gasteiger partial charge in [-0.2, -0.15) is 0 Å². The number of aromatic nitrogens is 4. The Bertz CT molecular complexity index is 434. The lowest BCUT2D eigenvalue weighted by Gasteiger charge is -2.33. The number of methoxy groups -OCH3 is 1. The number of rotatable bonds is 6. The predicted octanol–water partition coefficient (Wildman–Crippen LogP) is 1.00. The lowest BCUT2D eigenvalue weighted by molar-refractivity contribution is -0.148. The molecule has 1 saturated heterocycles. The average Bonchev–Trinajstić information content (AvgIpc) is 2.92. The molecular formula is C13H23N5O2. The summed E-state index contributed by atoms with van der Waals surface area (Å²) in [5, 5.41) is 11.9. The van der Waals surface area contributed by atoms with E-state index in [1.54, 1.807) is 0 Å². The molecule has 0 unspecified atom stereocenters. The van der Waals surface area contributed by atoms with Crippen molar-refractivity contribution in [3.63, 3.8) is 0 Å². The highest BCUT2D eigenvalue weighted by Crippen LogP contribution is 2.20. The first-order valence-electron chi connectivity index (χ1n) is 7.33. The summed E-state index contributed by atoms with van der Waals surface area (Å²) in [6.45, 7) is 4.47. The molecule has 7 nitrogen and oxygen atoms in total. The number of aryl methyl sites for hydroxylation is 1. The third-order valence-corrected chi connectivity index (χ3v) is 3.76. The zero-order valence-electron chi connectivity index (χ0n) is 12.3. The number of likely N-dealkylation sites (tertiary alicyclic amines) is 1. The molecule has 0 radical (unpaired) electrons. The minimum atomic E-state index is -0.162. The highest BCUT2D eigenvalue weighted by atomic mass is 16.5. The van der Waals surface area contributed by atoms with Gasteiger partial charge in [-0.25, -0.2) is 4.68 Å². The first kappa shape index (κ1) is 14.9. The van der Waals surface area contributed by atoms with Crippen molar-refractivity contribution < 1.29 is 9.53 Å². The summed E-state index contributed by atoms with van der Waals surface area (Å²) in [5.41, 5.74) is 0. The van der Waals surface area contributed by atoms with E-state index in [4.69, 9.17) is 4.74 Å². The quantitative estimate of drug-likeness (QED) is 0.724. The lowest BCUT2D eigenvalue weighted by Crippen LogP contribution is -2.45. The summed E-state index contributed by atoms with van der Waals surface area (Å²) in [4.78, 5) is 14.0. The van der Waals surface area contributed by atoms with Crippen molar-refractivity contribution in [3.05, 3.63) is 5.82 Å². The molecule has 1 atom stereocenters. The molecule has 1 aromatic heterocycles. The standard InChI is InChI=1S/C13H23N5O2/c1-3-4-9-18-12(14-15-16-18)10-17-8-6-5-7-11(17)13(19)20-2/h11H,3-10H2,1-2H3/t11-/m1/s1. The molecule has 0 N–H and O–H groups in total. The van der Waals surface area contributed by atoms with Crippen molar-refractivity contribution in [1.29, 1.82) is 0 Å². The molecule has 2 heterocycles. The van der Waals surface area contributed by atoms with E-state index in [0.29, 0.717) is 6.54 Å². The number of unbranched alkanes of at least 4 members (excludes halogenated alkanes) is 1. The van der Waals surface area contributed by atoms with Crippen molar-refractivity contribution in [2.24, 2.45) is 0 Å². The maximum absolute atomic E-state index is 11.8. The van der Waals surface area contributed by atoms with Crippen molar-refractivity contribution in [3.8, 4) is 0 Å². The van der Waals surface area contributed by atoms with E-state index in [1.165, 1.54) is 7.11 Å². The SMILES string of the molecule is CCCCn1nnnc1CN1CCCC[C@@H]1C(=O)OC. The number of ether oxygens (including phenoxy) is 1. The van der Waals surface area contributed by atoms with E-state index >= 15 is 0 Å². The molecule has 0 bridgehead atoms. The second-order valence-corrected chi connectivity index (χ2v) is 5.18. The molecule has 1 fully saturated rings. The highest BCUT2D eigenvalue weighted by Gasteiger charge is 2.30. The van der Waals surface area contributed by atoms with Crippen LogP contribution in [0.15, 0.2) is 0 Å². The molecule has 1 aromatic rings. The first-order chi connectivity index (χ1) is 9.76. The minimum Gasteiger partial charge on any atom is -0.468 e. The third kappa shape index (κ3) is 3.53. The first-order valence-corrected chi connectivity index (χ1v) is 7.33. The maximum atomic E-state index is 11.8. The van der Waals surface area contributed by atoms with Gasteiger partial charge >= 0.3 is 5.97 Å². The number of tetrazole rings is 1. The molecule has 7 heteroatoms.